The molecule has 1 amide bonds. The lowest BCUT2D eigenvalue weighted by atomic mass is 10.1. The van der Waals surface area contributed by atoms with Crippen molar-refractivity contribution < 1.29 is 14.1 Å². The van der Waals surface area contributed by atoms with Gasteiger partial charge in [-0.3, -0.25) is 4.79 Å². The van der Waals surface area contributed by atoms with Crippen molar-refractivity contribution in [2.45, 2.75) is 25.8 Å². The van der Waals surface area contributed by atoms with E-state index in [4.69, 9.17) is 9.26 Å². The third-order valence-corrected chi connectivity index (χ3v) is 3.84. The SMILES string of the molecule is COc1ccccc1C(=O)N1CCC[C@@H]1c1cc(C)on1. The van der Waals surface area contributed by atoms with Gasteiger partial charge in [-0.15, -0.1) is 0 Å². The number of aromatic nitrogens is 1. The van der Waals surface area contributed by atoms with Crippen LogP contribution in [0.25, 0.3) is 0 Å². The Morgan fingerprint density at radius 3 is 2.95 bits per heavy atom. The van der Waals surface area contributed by atoms with Crippen molar-refractivity contribution in [1.29, 1.82) is 0 Å². The molecule has 5 nitrogen and oxygen atoms in total. The Bertz CT molecular complexity index is 650. The van der Waals surface area contributed by atoms with Crippen LogP contribution in [0.5, 0.6) is 5.75 Å². The summed E-state index contributed by atoms with van der Waals surface area (Å²) in [5.74, 6) is 1.35. The molecule has 1 fully saturated rings. The first-order valence-electron chi connectivity index (χ1n) is 7.08. The number of likely N-dealkylation sites (tertiary alicyclic amines) is 1. The van der Waals surface area contributed by atoms with Crippen molar-refractivity contribution >= 4 is 5.91 Å². The number of methoxy groups -OCH3 is 1. The van der Waals surface area contributed by atoms with Gasteiger partial charge in [-0.2, -0.15) is 0 Å². The van der Waals surface area contributed by atoms with Crippen LogP contribution < -0.4 is 4.74 Å². The van der Waals surface area contributed by atoms with Crippen molar-refractivity contribution in [3.8, 4) is 5.75 Å². The van der Waals surface area contributed by atoms with Crippen molar-refractivity contribution in [3.05, 3.63) is 47.3 Å². The normalized spacial score (nSPS) is 18.0. The predicted molar refractivity (Wildman–Crippen MR) is 77.2 cm³/mol. The van der Waals surface area contributed by atoms with Gasteiger partial charge in [0.05, 0.1) is 18.7 Å². The molecule has 0 aliphatic carbocycles. The number of carbonyl (C=O) groups is 1. The number of benzene rings is 1. The molecule has 21 heavy (non-hydrogen) atoms. The van der Waals surface area contributed by atoms with E-state index in [1.54, 1.807) is 19.2 Å². The molecule has 1 aromatic heterocycles. The van der Waals surface area contributed by atoms with Crippen LogP contribution >= 0.6 is 0 Å². The number of nitrogens with zero attached hydrogens (tertiary/aromatic N) is 2. The number of aryl methyl sites for hydroxylation is 1. The van der Waals surface area contributed by atoms with E-state index in [2.05, 4.69) is 5.16 Å². The lowest BCUT2D eigenvalue weighted by molar-refractivity contribution is 0.0727. The summed E-state index contributed by atoms with van der Waals surface area (Å²) in [7, 11) is 1.58. The lowest BCUT2D eigenvalue weighted by Gasteiger charge is -2.23. The lowest BCUT2D eigenvalue weighted by Crippen LogP contribution is -2.31. The number of hydrogen-bond donors (Lipinski definition) is 0. The standard InChI is InChI=1S/C16H18N2O3/c1-11-10-13(17-21-11)14-7-5-9-18(14)16(19)12-6-3-4-8-15(12)20-2/h3-4,6,8,10,14H,5,7,9H2,1-2H3/t14-/m1/s1. The monoisotopic (exact) mass is 286 g/mol. The molecule has 1 aliphatic rings. The fourth-order valence-corrected chi connectivity index (χ4v) is 2.84. The molecule has 2 aromatic rings. The van der Waals surface area contributed by atoms with Gasteiger partial charge < -0.3 is 14.2 Å². The molecule has 0 saturated carbocycles. The maximum Gasteiger partial charge on any atom is 0.258 e. The first-order valence-corrected chi connectivity index (χ1v) is 7.08. The molecule has 0 N–H and O–H groups in total. The third-order valence-electron chi connectivity index (χ3n) is 3.84. The molecule has 0 unspecified atom stereocenters. The zero-order valence-electron chi connectivity index (χ0n) is 12.2. The van der Waals surface area contributed by atoms with Gasteiger partial charge in [0.15, 0.2) is 0 Å². The van der Waals surface area contributed by atoms with Gasteiger partial charge in [0.25, 0.3) is 5.91 Å². The molecule has 2 heterocycles. The molecular weight excluding hydrogens is 268 g/mol. The summed E-state index contributed by atoms with van der Waals surface area (Å²) in [5.41, 5.74) is 1.42. The maximum absolute atomic E-state index is 12.8. The van der Waals surface area contributed by atoms with E-state index in [9.17, 15) is 4.79 Å². The average molecular weight is 286 g/mol. The Morgan fingerprint density at radius 1 is 1.43 bits per heavy atom. The van der Waals surface area contributed by atoms with E-state index >= 15 is 0 Å². The summed E-state index contributed by atoms with van der Waals surface area (Å²) in [4.78, 5) is 14.7. The van der Waals surface area contributed by atoms with Crippen LogP contribution in [0.1, 0.15) is 40.7 Å². The second-order valence-electron chi connectivity index (χ2n) is 5.22. The van der Waals surface area contributed by atoms with Gasteiger partial charge >= 0.3 is 0 Å². The van der Waals surface area contributed by atoms with Crippen molar-refractivity contribution in [2.24, 2.45) is 0 Å². The minimum Gasteiger partial charge on any atom is -0.496 e. The fraction of sp³-hybridized carbons (Fsp3) is 0.375. The number of hydrogen-bond acceptors (Lipinski definition) is 4. The zero-order chi connectivity index (χ0) is 14.8. The first kappa shape index (κ1) is 13.7. The summed E-state index contributed by atoms with van der Waals surface area (Å²) >= 11 is 0. The Balaban J connectivity index is 1.89. The molecule has 0 spiro atoms. The van der Waals surface area contributed by atoms with Gasteiger partial charge in [-0.25, -0.2) is 0 Å². The number of amides is 1. The van der Waals surface area contributed by atoms with Crippen LogP contribution in [0.3, 0.4) is 0 Å². The molecular formula is C16H18N2O3. The summed E-state index contributed by atoms with van der Waals surface area (Å²) in [6.07, 6.45) is 1.88. The van der Waals surface area contributed by atoms with E-state index in [0.717, 1.165) is 30.8 Å². The van der Waals surface area contributed by atoms with Gasteiger partial charge in [0, 0.05) is 12.6 Å². The molecule has 0 radical (unpaired) electrons. The predicted octanol–water partition coefficient (Wildman–Crippen LogP) is 2.97. The summed E-state index contributed by atoms with van der Waals surface area (Å²) < 4.78 is 10.4. The molecule has 0 bridgehead atoms. The Kier molecular flexibility index (Phi) is 3.64. The van der Waals surface area contributed by atoms with Crippen LogP contribution in [0.4, 0.5) is 0 Å². The van der Waals surface area contributed by atoms with E-state index in [0.29, 0.717) is 11.3 Å². The van der Waals surface area contributed by atoms with E-state index in [-0.39, 0.29) is 11.9 Å². The van der Waals surface area contributed by atoms with Gasteiger partial charge in [0.2, 0.25) is 0 Å². The highest BCUT2D eigenvalue weighted by Gasteiger charge is 2.33. The highest BCUT2D eigenvalue weighted by Crippen LogP contribution is 2.34. The second-order valence-corrected chi connectivity index (χ2v) is 5.22. The number of para-hydroxylation sites is 1. The quantitative estimate of drug-likeness (QED) is 0.870. The highest BCUT2D eigenvalue weighted by molar-refractivity contribution is 5.97. The maximum atomic E-state index is 12.8. The fourth-order valence-electron chi connectivity index (χ4n) is 2.84. The Hall–Kier alpha value is -2.30. The van der Waals surface area contributed by atoms with E-state index in [1.165, 1.54) is 0 Å². The molecule has 5 heteroatoms. The second kappa shape index (κ2) is 5.60. The molecule has 3 rings (SSSR count). The van der Waals surface area contributed by atoms with Crippen LogP contribution in [0.2, 0.25) is 0 Å². The van der Waals surface area contributed by atoms with Crippen molar-refractivity contribution in [2.75, 3.05) is 13.7 Å². The van der Waals surface area contributed by atoms with E-state index < -0.39 is 0 Å². The summed E-state index contributed by atoms with van der Waals surface area (Å²) in [6, 6.07) is 9.20. The summed E-state index contributed by atoms with van der Waals surface area (Å²) in [6.45, 7) is 2.59. The van der Waals surface area contributed by atoms with Crippen LogP contribution in [-0.4, -0.2) is 29.6 Å². The van der Waals surface area contributed by atoms with Gasteiger partial charge in [-0.1, -0.05) is 17.3 Å². The minimum absolute atomic E-state index is 0.0140. The highest BCUT2D eigenvalue weighted by atomic mass is 16.5. The molecule has 1 aromatic carbocycles. The van der Waals surface area contributed by atoms with Crippen molar-refractivity contribution in [3.63, 3.8) is 0 Å². The van der Waals surface area contributed by atoms with Crippen LogP contribution in [0.15, 0.2) is 34.9 Å². The minimum atomic E-state index is -0.0180. The van der Waals surface area contributed by atoms with Gasteiger partial charge in [0.1, 0.15) is 17.2 Å². The zero-order valence-corrected chi connectivity index (χ0v) is 12.2. The number of rotatable bonds is 3. The number of carbonyl (C=O) groups excluding carboxylic acids is 1. The molecule has 1 atom stereocenters. The van der Waals surface area contributed by atoms with E-state index in [1.807, 2.05) is 30.0 Å². The van der Waals surface area contributed by atoms with Crippen LogP contribution in [0, 0.1) is 6.92 Å². The molecule has 1 saturated heterocycles. The summed E-state index contributed by atoms with van der Waals surface area (Å²) in [5, 5.41) is 4.07. The third kappa shape index (κ3) is 2.51. The Morgan fingerprint density at radius 2 is 2.24 bits per heavy atom. The largest absolute Gasteiger partial charge is 0.496 e. The first-order chi connectivity index (χ1) is 10.2. The molecule has 1 aliphatic heterocycles. The van der Waals surface area contributed by atoms with Gasteiger partial charge in [-0.05, 0) is 31.9 Å². The Labute approximate surface area is 123 Å². The van der Waals surface area contributed by atoms with Crippen molar-refractivity contribution in [1.82, 2.24) is 10.1 Å². The smallest absolute Gasteiger partial charge is 0.258 e. The topological polar surface area (TPSA) is 55.6 Å². The number of ether oxygens (including phenoxy) is 1. The average Bonchev–Trinajstić information content (AvgIpc) is 3.14. The van der Waals surface area contributed by atoms with Crippen LogP contribution in [-0.2, 0) is 0 Å². The molecule has 110 valence electrons.